The number of carbonyl (C=O) groups excluding carboxylic acids is 1. The van der Waals surface area contributed by atoms with Crippen LogP contribution in [0.3, 0.4) is 0 Å². The molecule has 3 aromatic heterocycles. The molecule has 2 saturated carbocycles. The van der Waals surface area contributed by atoms with Gasteiger partial charge in [0.25, 0.3) is 0 Å². The first-order chi connectivity index (χ1) is 20.6. The van der Waals surface area contributed by atoms with E-state index in [-0.39, 0.29) is 23.2 Å². The number of pyridine rings is 1. The number of aryl methyl sites for hydroxylation is 1. The highest BCUT2D eigenvalue weighted by atomic mass is 16.8. The fraction of sp³-hybridized carbons (Fsp3) is 0.515. The third kappa shape index (κ3) is 4.53. The Balaban J connectivity index is 1.05. The molecular formula is C33H40N6O4. The standard InChI is InChI=1S/C33H40N6O4/c1-5-6-7-16-41-30(40)38-26-13-10-21-17-20(8-11-23(21)37-26)9-12-25-32(4)18-24(27-33(25,32)43-31(2,3)42-27)39-15-14-22-28(34)35-19-36-29(22)39/h8,10-11,13-15,17,19,24-25,27H,5-7,9,12,16,18H2,1-4H3,(H2,34,35,36)(H,37,38,40)/t24-,25?,27+,32-,33+/m1/s1. The number of hydrogen-bond donors (Lipinski definition) is 2. The van der Waals surface area contributed by atoms with Crippen LogP contribution in [0, 0.1) is 11.3 Å². The zero-order valence-corrected chi connectivity index (χ0v) is 25.3. The molecule has 4 aromatic rings. The molecule has 7 rings (SSSR count). The Morgan fingerprint density at radius 3 is 2.86 bits per heavy atom. The number of nitrogens with zero attached hydrogens (tertiary/aromatic N) is 4. The maximum atomic E-state index is 12.1. The Morgan fingerprint density at radius 1 is 1.16 bits per heavy atom. The topological polar surface area (TPSA) is 126 Å². The van der Waals surface area contributed by atoms with Crippen LogP contribution < -0.4 is 11.1 Å². The number of rotatable bonds is 9. The van der Waals surface area contributed by atoms with Crippen LogP contribution in [0.2, 0.25) is 0 Å². The first kappa shape index (κ1) is 28.0. The van der Waals surface area contributed by atoms with E-state index in [0.29, 0.717) is 24.2 Å². The number of anilines is 2. The zero-order valence-electron chi connectivity index (χ0n) is 25.3. The quantitative estimate of drug-likeness (QED) is 0.216. The molecule has 1 aliphatic heterocycles. The molecule has 2 aliphatic carbocycles. The molecule has 1 amide bonds. The predicted octanol–water partition coefficient (Wildman–Crippen LogP) is 6.40. The average Bonchev–Trinajstić information content (AvgIpc) is 3.34. The van der Waals surface area contributed by atoms with E-state index in [1.807, 2.05) is 38.1 Å². The molecule has 1 saturated heterocycles. The molecule has 3 aliphatic rings. The lowest BCUT2D eigenvalue weighted by Crippen LogP contribution is -2.32. The van der Waals surface area contributed by atoms with E-state index in [2.05, 4.69) is 57.0 Å². The lowest BCUT2D eigenvalue weighted by molar-refractivity contribution is -0.161. The number of nitrogen functional groups attached to an aromatic ring is 1. The van der Waals surface area contributed by atoms with Crippen LogP contribution in [0.4, 0.5) is 16.4 Å². The van der Waals surface area contributed by atoms with Crippen LogP contribution >= 0.6 is 0 Å². The van der Waals surface area contributed by atoms with Gasteiger partial charge in [-0.3, -0.25) is 5.32 Å². The van der Waals surface area contributed by atoms with E-state index in [1.54, 1.807) is 0 Å². The number of nitrogens with two attached hydrogens (primary N) is 1. The van der Waals surface area contributed by atoms with E-state index in [4.69, 9.17) is 19.9 Å². The van der Waals surface area contributed by atoms with Gasteiger partial charge < -0.3 is 24.5 Å². The maximum Gasteiger partial charge on any atom is 0.412 e. The number of aromatic nitrogens is 4. The second-order valence-corrected chi connectivity index (χ2v) is 13.0. The molecule has 0 bridgehead atoms. The molecule has 5 atom stereocenters. The summed E-state index contributed by atoms with van der Waals surface area (Å²) in [5.41, 5.74) is 8.73. The van der Waals surface area contributed by atoms with Gasteiger partial charge >= 0.3 is 6.09 Å². The summed E-state index contributed by atoms with van der Waals surface area (Å²) in [6.45, 7) is 8.93. The van der Waals surface area contributed by atoms with E-state index >= 15 is 0 Å². The average molecular weight is 585 g/mol. The molecule has 1 spiro atoms. The highest BCUT2D eigenvalue weighted by Crippen LogP contribution is 2.80. The lowest BCUT2D eigenvalue weighted by atomic mass is 9.93. The number of benzene rings is 1. The molecule has 1 unspecified atom stereocenters. The van der Waals surface area contributed by atoms with E-state index in [0.717, 1.165) is 60.5 Å². The SMILES string of the molecule is CCCCCOC(=O)Nc1ccc2cc(CCC3[C@@]4(C)C[C@@H](n5ccc6c(N)ncnc65)[C@@H]5OC(C)(C)O[C@@]354)ccc2n1. The Labute approximate surface area is 251 Å². The summed E-state index contributed by atoms with van der Waals surface area (Å²) in [6.07, 6.45) is 8.92. The monoisotopic (exact) mass is 584 g/mol. The summed E-state index contributed by atoms with van der Waals surface area (Å²) in [5.74, 6) is 0.713. The van der Waals surface area contributed by atoms with E-state index in [1.165, 1.54) is 11.9 Å². The van der Waals surface area contributed by atoms with Crippen molar-refractivity contribution in [3.63, 3.8) is 0 Å². The molecule has 4 heterocycles. The van der Waals surface area contributed by atoms with Crippen LogP contribution in [0.5, 0.6) is 0 Å². The minimum absolute atomic E-state index is 0.00457. The Kier molecular flexibility index (Phi) is 6.63. The third-order valence-electron chi connectivity index (χ3n) is 9.91. The fourth-order valence-corrected chi connectivity index (χ4v) is 7.98. The minimum Gasteiger partial charge on any atom is -0.449 e. The number of fused-ring (bicyclic) bond motifs is 2. The van der Waals surface area contributed by atoms with Gasteiger partial charge in [0.2, 0.25) is 0 Å². The highest BCUT2D eigenvalue weighted by molar-refractivity contribution is 5.87. The van der Waals surface area contributed by atoms with Gasteiger partial charge in [0.15, 0.2) is 5.79 Å². The van der Waals surface area contributed by atoms with Gasteiger partial charge in [0.05, 0.1) is 23.6 Å². The fourth-order valence-electron chi connectivity index (χ4n) is 7.98. The normalized spacial score (nSPS) is 28.6. The molecule has 3 fully saturated rings. The predicted molar refractivity (Wildman–Crippen MR) is 165 cm³/mol. The summed E-state index contributed by atoms with van der Waals surface area (Å²) in [7, 11) is 0. The second kappa shape index (κ2) is 10.2. The van der Waals surface area contributed by atoms with Crippen LogP contribution in [0.15, 0.2) is 48.9 Å². The minimum atomic E-state index is -0.654. The smallest absolute Gasteiger partial charge is 0.412 e. The van der Waals surface area contributed by atoms with Crippen LogP contribution in [-0.2, 0) is 20.6 Å². The van der Waals surface area contributed by atoms with Gasteiger partial charge in [-0.1, -0.05) is 32.8 Å². The van der Waals surface area contributed by atoms with Gasteiger partial charge in [0, 0.05) is 17.0 Å². The van der Waals surface area contributed by atoms with Crippen molar-refractivity contribution in [2.45, 2.75) is 89.8 Å². The Hall–Kier alpha value is -3.76. The second-order valence-electron chi connectivity index (χ2n) is 13.0. The van der Waals surface area contributed by atoms with Crippen molar-refractivity contribution >= 4 is 39.7 Å². The van der Waals surface area contributed by atoms with Crippen molar-refractivity contribution in [3.8, 4) is 0 Å². The van der Waals surface area contributed by atoms with Gasteiger partial charge in [-0.15, -0.1) is 0 Å². The number of unbranched alkanes of at least 4 members (excludes halogenated alkanes) is 2. The first-order valence-electron chi connectivity index (χ1n) is 15.4. The molecule has 43 heavy (non-hydrogen) atoms. The number of amides is 1. The van der Waals surface area contributed by atoms with Gasteiger partial charge in [-0.05, 0) is 81.3 Å². The van der Waals surface area contributed by atoms with Crippen molar-refractivity contribution in [2.24, 2.45) is 11.3 Å². The molecule has 0 radical (unpaired) electrons. The van der Waals surface area contributed by atoms with Crippen LogP contribution in [0.25, 0.3) is 21.9 Å². The largest absolute Gasteiger partial charge is 0.449 e. The summed E-state index contributed by atoms with van der Waals surface area (Å²) >= 11 is 0. The maximum absolute atomic E-state index is 12.1. The van der Waals surface area contributed by atoms with E-state index in [9.17, 15) is 4.79 Å². The molecule has 10 nitrogen and oxygen atoms in total. The number of hydrogen-bond acceptors (Lipinski definition) is 8. The molecule has 3 N–H and O–H groups in total. The molecule has 226 valence electrons. The molecule has 10 heteroatoms. The zero-order chi connectivity index (χ0) is 30.0. The Morgan fingerprint density at radius 2 is 2.02 bits per heavy atom. The number of nitrogens with one attached hydrogen (secondary N) is 1. The summed E-state index contributed by atoms with van der Waals surface area (Å²) in [5, 5.41) is 4.65. The van der Waals surface area contributed by atoms with E-state index < -0.39 is 11.9 Å². The van der Waals surface area contributed by atoms with Crippen molar-refractivity contribution < 1.29 is 19.0 Å². The van der Waals surface area contributed by atoms with Crippen molar-refractivity contribution in [1.82, 2.24) is 19.5 Å². The number of carbonyl (C=O) groups is 1. The first-order valence-corrected chi connectivity index (χ1v) is 15.4. The summed E-state index contributed by atoms with van der Waals surface area (Å²) in [4.78, 5) is 25.4. The molecular weight excluding hydrogens is 544 g/mol. The van der Waals surface area contributed by atoms with Gasteiger partial charge in [-0.25, -0.2) is 19.7 Å². The van der Waals surface area contributed by atoms with Crippen LogP contribution in [0.1, 0.15) is 71.4 Å². The summed E-state index contributed by atoms with van der Waals surface area (Å²) in [6, 6.07) is 12.3. The van der Waals surface area contributed by atoms with Crippen molar-refractivity contribution in [2.75, 3.05) is 17.7 Å². The molecule has 1 aromatic carbocycles. The third-order valence-corrected chi connectivity index (χ3v) is 9.91. The number of ether oxygens (including phenoxy) is 3. The van der Waals surface area contributed by atoms with Crippen molar-refractivity contribution in [1.29, 1.82) is 0 Å². The van der Waals surface area contributed by atoms with Gasteiger partial charge in [-0.2, -0.15) is 0 Å². The summed E-state index contributed by atoms with van der Waals surface area (Å²) < 4.78 is 20.9. The lowest BCUT2D eigenvalue weighted by Gasteiger charge is -2.26. The highest BCUT2D eigenvalue weighted by Gasteiger charge is 2.87. The van der Waals surface area contributed by atoms with Gasteiger partial charge in [0.1, 0.15) is 35.3 Å². The Bertz CT molecular complexity index is 1700. The van der Waals surface area contributed by atoms with Crippen LogP contribution in [-0.4, -0.2) is 49.7 Å². The van der Waals surface area contributed by atoms with Crippen molar-refractivity contribution in [3.05, 3.63) is 54.5 Å².